The van der Waals surface area contributed by atoms with Crippen LogP contribution in [-0.4, -0.2) is 19.6 Å². The molecule has 1 fully saturated rings. The van der Waals surface area contributed by atoms with Crippen LogP contribution in [0.5, 0.6) is 5.75 Å². The number of ether oxygens (including phenoxy) is 1. The number of hydrogen-bond donors (Lipinski definition) is 1. The summed E-state index contributed by atoms with van der Waals surface area (Å²) in [5.41, 5.74) is 2.02. The third-order valence-electron chi connectivity index (χ3n) is 4.37. The number of rotatable bonds is 6. The Bertz CT molecular complexity index is 630. The van der Waals surface area contributed by atoms with Crippen LogP contribution in [0.4, 0.5) is 0 Å². The molecule has 0 saturated heterocycles. The summed E-state index contributed by atoms with van der Waals surface area (Å²) in [4.78, 5) is 12.5. The number of carbonyl (C=O) groups is 1. The maximum atomic E-state index is 12.5. The van der Waals surface area contributed by atoms with Gasteiger partial charge in [-0.25, -0.2) is 0 Å². The van der Waals surface area contributed by atoms with Gasteiger partial charge in [-0.1, -0.05) is 42.5 Å². The number of nitrogens with one attached hydrogen (secondary N) is 1. The van der Waals surface area contributed by atoms with E-state index < -0.39 is 0 Å². The average Bonchev–Trinajstić information content (AvgIpc) is 3.38. The summed E-state index contributed by atoms with van der Waals surface area (Å²) in [6.07, 6.45) is 2.72. The third-order valence-corrected chi connectivity index (χ3v) is 4.37. The van der Waals surface area contributed by atoms with Crippen molar-refractivity contribution in [3.63, 3.8) is 0 Å². The van der Waals surface area contributed by atoms with Crippen LogP contribution in [0.1, 0.15) is 24.0 Å². The molecule has 0 spiro atoms. The highest BCUT2D eigenvalue weighted by Gasteiger charge is 2.50. The number of carbonyl (C=O) groups excluding carboxylic acids is 1. The summed E-state index contributed by atoms with van der Waals surface area (Å²) < 4.78 is 5.18. The average molecular weight is 295 g/mol. The van der Waals surface area contributed by atoms with Gasteiger partial charge < -0.3 is 10.1 Å². The Morgan fingerprint density at radius 3 is 2.36 bits per heavy atom. The van der Waals surface area contributed by atoms with E-state index in [1.165, 1.54) is 5.56 Å². The first-order valence-electron chi connectivity index (χ1n) is 7.71. The van der Waals surface area contributed by atoms with E-state index in [1.807, 2.05) is 42.5 Å². The first-order chi connectivity index (χ1) is 10.7. The number of hydrogen-bond acceptors (Lipinski definition) is 2. The molecule has 1 N–H and O–H groups in total. The maximum absolute atomic E-state index is 12.5. The predicted octanol–water partition coefficient (Wildman–Crippen LogP) is 3.09. The van der Waals surface area contributed by atoms with Crippen LogP contribution in [0.25, 0.3) is 0 Å². The zero-order valence-electron chi connectivity index (χ0n) is 12.8. The number of benzene rings is 2. The van der Waals surface area contributed by atoms with Crippen LogP contribution >= 0.6 is 0 Å². The molecule has 1 amide bonds. The van der Waals surface area contributed by atoms with Crippen LogP contribution < -0.4 is 10.1 Å². The van der Waals surface area contributed by atoms with Gasteiger partial charge in [0.05, 0.1) is 12.5 Å². The molecular weight excluding hydrogens is 274 g/mol. The Morgan fingerprint density at radius 2 is 1.77 bits per heavy atom. The van der Waals surface area contributed by atoms with Gasteiger partial charge in [-0.15, -0.1) is 0 Å². The molecule has 3 nitrogen and oxygen atoms in total. The summed E-state index contributed by atoms with van der Waals surface area (Å²) in [5, 5.41) is 3.09. The molecule has 0 aliphatic heterocycles. The van der Waals surface area contributed by atoms with Crippen molar-refractivity contribution in [2.24, 2.45) is 0 Å². The zero-order chi connectivity index (χ0) is 15.4. The molecule has 0 unspecified atom stereocenters. The van der Waals surface area contributed by atoms with E-state index in [4.69, 9.17) is 4.74 Å². The Hall–Kier alpha value is -2.29. The van der Waals surface area contributed by atoms with Crippen molar-refractivity contribution in [1.82, 2.24) is 5.32 Å². The lowest BCUT2D eigenvalue weighted by molar-refractivity contribution is -0.123. The highest BCUT2D eigenvalue weighted by molar-refractivity contribution is 5.91. The first kappa shape index (κ1) is 14.6. The van der Waals surface area contributed by atoms with E-state index in [9.17, 15) is 4.79 Å². The molecule has 0 bridgehead atoms. The van der Waals surface area contributed by atoms with E-state index in [1.54, 1.807) is 7.11 Å². The van der Waals surface area contributed by atoms with Crippen molar-refractivity contribution >= 4 is 5.91 Å². The molecular formula is C19H21NO2. The molecule has 1 aliphatic carbocycles. The maximum Gasteiger partial charge on any atom is 0.230 e. The summed E-state index contributed by atoms with van der Waals surface area (Å²) in [7, 11) is 1.65. The molecule has 3 rings (SSSR count). The molecule has 0 atom stereocenters. The van der Waals surface area contributed by atoms with Gasteiger partial charge in [0.1, 0.15) is 5.75 Å². The SMILES string of the molecule is COc1ccc(C2(C(=O)NCCc3ccccc3)CC2)cc1. The fourth-order valence-corrected chi connectivity index (χ4v) is 2.82. The zero-order valence-corrected chi connectivity index (χ0v) is 12.8. The normalized spacial score (nSPS) is 15.1. The van der Waals surface area contributed by atoms with Crippen molar-refractivity contribution in [2.75, 3.05) is 13.7 Å². The van der Waals surface area contributed by atoms with Gasteiger partial charge in [-0.2, -0.15) is 0 Å². The van der Waals surface area contributed by atoms with Gasteiger partial charge in [0.25, 0.3) is 0 Å². The Labute approximate surface area is 131 Å². The second kappa shape index (κ2) is 6.22. The van der Waals surface area contributed by atoms with Crippen molar-refractivity contribution in [1.29, 1.82) is 0 Å². The largest absolute Gasteiger partial charge is 0.497 e. The highest BCUT2D eigenvalue weighted by Crippen LogP contribution is 2.48. The summed E-state index contributed by atoms with van der Waals surface area (Å²) in [5.74, 6) is 0.970. The van der Waals surface area contributed by atoms with Crippen LogP contribution in [0.3, 0.4) is 0 Å². The van der Waals surface area contributed by atoms with E-state index in [0.29, 0.717) is 6.54 Å². The van der Waals surface area contributed by atoms with Gasteiger partial charge >= 0.3 is 0 Å². The molecule has 1 saturated carbocycles. The summed E-state index contributed by atoms with van der Waals surface area (Å²) in [6, 6.07) is 18.1. The molecule has 3 heteroatoms. The minimum absolute atomic E-state index is 0.147. The Morgan fingerprint density at radius 1 is 1.09 bits per heavy atom. The van der Waals surface area contributed by atoms with Crippen molar-refractivity contribution in [3.05, 3.63) is 65.7 Å². The van der Waals surface area contributed by atoms with Gasteiger partial charge in [0.2, 0.25) is 5.91 Å². The minimum atomic E-state index is -0.317. The molecule has 0 radical (unpaired) electrons. The molecule has 114 valence electrons. The monoisotopic (exact) mass is 295 g/mol. The standard InChI is InChI=1S/C19H21NO2/c1-22-17-9-7-16(8-10-17)19(12-13-19)18(21)20-14-11-15-5-3-2-4-6-15/h2-10H,11-14H2,1H3,(H,20,21). The lowest BCUT2D eigenvalue weighted by Gasteiger charge is -2.16. The van der Waals surface area contributed by atoms with E-state index >= 15 is 0 Å². The molecule has 22 heavy (non-hydrogen) atoms. The summed E-state index contributed by atoms with van der Waals surface area (Å²) >= 11 is 0. The number of methoxy groups -OCH3 is 1. The predicted molar refractivity (Wildman–Crippen MR) is 87.1 cm³/mol. The lowest BCUT2D eigenvalue weighted by Crippen LogP contribution is -2.35. The Balaban J connectivity index is 1.59. The van der Waals surface area contributed by atoms with Crippen molar-refractivity contribution in [3.8, 4) is 5.75 Å². The molecule has 0 heterocycles. The molecule has 2 aromatic rings. The van der Waals surface area contributed by atoms with Gasteiger partial charge in [0.15, 0.2) is 0 Å². The van der Waals surface area contributed by atoms with Gasteiger partial charge in [-0.05, 0) is 42.5 Å². The second-order valence-electron chi connectivity index (χ2n) is 5.80. The smallest absolute Gasteiger partial charge is 0.230 e. The van der Waals surface area contributed by atoms with Crippen LogP contribution in [-0.2, 0) is 16.6 Å². The fourth-order valence-electron chi connectivity index (χ4n) is 2.82. The van der Waals surface area contributed by atoms with E-state index in [-0.39, 0.29) is 11.3 Å². The molecule has 0 aromatic heterocycles. The topological polar surface area (TPSA) is 38.3 Å². The van der Waals surface area contributed by atoms with Crippen LogP contribution in [0, 0.1) is 0 Å². The quantitative estimate of drug-likeness (QED) is 0.889. The summed E-state index contributed by atoms with van der Waals surface area (Å²) in [6.45, 7) is 0.681. The number of amides is 1. The second-order valence-corrected chi connectivity index (χ2v) is 5.80. The van der Waals surface area contributed by atoms with E-state index in [2.05, 4.69) is 17.4 Å². The van der Waals surface area contributed by atoms with Crippen LogP contribution in [0.2, 0.25) is 0 Å². The van der Waals surface area contributed by atoms with Crippen molar-refractivity contribution in [2.45, 2.75) is 24.7 Å². The Kier molecular flexibility index (Phi) is 4.14. The third kappa shape index (κ3) is 2.98. The highest BCUT2D eigenvalue weighted by atomic mass is 16.5. The molecule has 1 aliphatic rings. The van der Waals surface area contributed by atoms with Crippen molar-refractivity contribution < 1.29 is 9.53 Å². The fraction of sp³-hybridized carbons (Fsp3) is 0.316. The minimum Gasteiger partial charge on any atom is -0.497 e. The van der Waals surface area contributed by atoms with E-state index in [0.717, 1.165) is 30.6 Å². The lowest BCUT2D eigenvalue weighted by atomic mass is 9.95. The van der Waals surface area contributed by atoms with Gasteiger partial charge in [-0.3, -0.25) is 4.79 Å². The first-order valence-corrected chi connectivity index (χ1v) is 7.71. The molecule has 2 aromatic carbocycles. The van der Waals surface area contributed by atoms with Crippen LogP contribution in [0.15, 0.2) is 54.6 Å². The van der Waals surface area contributed by atoms with Gasteiger partial charge in [0, 0.05) is 6.54 Å².